The van der Waals surface area contributed by atoms with E-state index >= 15 is 0 Å². The molecule has 1 aromatic rings. The van der Waals surface area contributed by atoms with Gasteiger partial charge in [-0.05, 0) is 0 Å². The first-order valence-corrected chi connectivity index (χ1v) is 4.52. The number of nitrogens with zero attached hydrogens (tertiary/aromatic N) is 2. The van der Waals surface area contributed by atoms with Crippen molar-refractivity contribution in [2.24, 2.45) is 0 Å². The van der Waals surface area contributed by atoms with Crippen LogP contribution in [-0.2, 0) is 9.53 Å². The van der Waals surface area contributed by atoms with Crippen LogP contribution in [0.5, 0.6) is 0 Å². The van der Waals surface area contributed by atoms with Gasteiger partial charge in [-0.25, -0.2) is 14.8 Å². The lowest BCUT2D eigenvalue weighted by molar-refractivity contribution is -0.118. The molecular formula is C9H12N4O3. The predicted molar refractivity (Wildman–Crippen MR) is 55.9 cm³/mol. The van der Waals surface area contributed by atoms with Gasteiger partial charge in [-0.1, -0.05) is 0 Å². The topological polar surface area (TPSA) is 93.2 Å². The molecule has 16 heavy (non-hydrogen) atoms. The Labute approximate surface area is 92.2 Å². The summed E-state index contributed by atoms with van der Waals surface area (Å²) in [6.45, 7) is 0.1000. The van der Waals surface area contributed by atoms with Crippen LogP contribution in [0, 0.1) is 0 Å². The zero-order valence-corrected chi connectivity index (χ0v) is 8.98. The number of rotatable bonds is 4. The molecule has 0 fully saturated rings. The van der Waals surface area contributed by atoms with Gasteiger partial charge < -0.3 is 15.4 Å². The summed E-state index contributed by atoms with van der Waals surface area (Å²) in [5.41, 5.74) is 0.119. The van der Waals surface area contributed by atoms with Gasteiger partial charge in [0.1, 0.15) is 5.82 Å². The zero-order chi connectivity index (χ0) is 12.0. The van der Waals surface area contributed by atoms with E-state index in [-0.39, 0.29) is 18.1 Å². The molecule has 0 saturated carbocycles. The number of hydrogen-bond donors (Lipinski definition) is 2. The van der Waals surface area contributed by atoms with E-state index in [0.717, 1.165) is 0 Å². The Hall–Kier alpha value is -2.18. The van der Waals surface area contributed by atoms with Crippen LogP contribution in [0.25, 0.3) is 0 Å². The van der Waals surface area contributed by atoms with E-state index in [2.05, 4.69) is 25.3 Å². The molecule has 0 saturated heterocycles. The average molecular weight is 224 g/mol. The second kappa shape index (κ2) is 5.64. The van der Waals surface area contributed by atoms with Crippen LogP contribution in [0.2, 0.25) is 0 Å². The van der Waals surface area contributed by atoms with Crippen molar-refractivity contribution < 1.29 is 14.3 Å². The number of esters is 1. The number of ether oxygens (including phenoxy) is 1. The van der Waals surface area contributed by atoms with Gasteiger partial charge in [0.15, 0.2) is 5.69 Å². The van der Waals surface area contributed by atoms with Gasteiger partial charge in [-0.2, -0.15) is 0 Å². The minimum atomic E-state index is -0.551. The Balaban J connectivity index is 2.58. The molecule has 7 heteroatoms. The SMILES string of the molecule is CNC(=O)CNc1cnc(C(=O)OC)cn1. The van der Waals surface area contributed by atoms with Crippen LogP contribution < -0.4 is 10.6 Å². The van der Waals surface area contributed by atoms with E-state index in [1.165, 1.54) is 26.6 Å². The molecule has 1 heterocycles. The smallest absolute Gasteiger partial charge is 0.358 e. The van der Waals surface area contributed by atoms with E-state index < -0.39 is 5.97 Å². The highest BCUT2D eigenvalue weighted by atomic mass is 16.5. The van der Waals surface area contributed by atoms with Gasteiger partial charge in [0.25, 0.3) is 0 Å². The molecule has 2 N–H and O–H groups in total. The van der Waals surface area contributed by atoms with Gasteiger partial charge >= 0.3 is 5.97 Å². The fourth-order valence-electron chi connectivity index (χ4n) is 0.889. The summed E-state index contributed by atoms with van der Waals surface area (Å²) >= 11 is 0. The second-order valence-corrected chi connectivity index (χ2v) is 2.81. The van der Waals surface area contributed by atoms with Crippen LogP contribution >= 0.6 is 0 Å². The van der Waals surface area contributed by atoms with Crippen molar-refractivity contribution in [2.75, 3.05) is 26.0 Å². The normalized spacial score (nSPS) is 9.38. The molecule has 1 rings (SSSR count). The quantitative estimate of drug-likeness (QED) is 0.665. The first kappa shape index (κ1) is 11.9. The molecule has 1 aromatic heterocycles. The number of likely N-dealkylation sites (N-methyl/N-ethyl adjacent to an activating group) is 1. The van der Waals surface area contributed by atoms with E-state index in [0.29, 0.717) is 5.82 Å². The molecule has 0 spiro atoms. The number of carbonyl (C=O) groups excluding carboxylic acids is 2. The van der Waals surface area contributed by atoms with Gasteiger partial charge in [0.2, 0.25) is 5.91 Å². The number of hydrogen-bond acceptors (Lipinski definition) is 6. The lowest BCUT2D eigenvalue weighted by Crippen LogP contribution is -2.26. The van der Waals surface area contributed by atoms with Crippen molar-refractivity contribution in [1.29, 1.82) is 0 Å². The molecule has 0 unspecified atom stereocenters. The summed E-state index contributed by atoms with van der Waals surface area (Å²) in [6.07, 6.45) is 2.63. The van der Waals surface area contributed by atoms with Crippen molar-refractivity contribution in [2.45, 2.75) is 0 Å². The van der Waals surface area contributed by atoms with E-state index in [9.17, 15) is 9.59 Å². The van der Waals surface area contributed by atoms with Gasteiger partial charge in [-0.15, -0.1) is 0 Å². The lowest BCUT2D eigenvalue weighted by Gasteiger charge is -2.04. The largest absolute Gasteiger partial charge is 0.464 e. The molecule has 0 aromatic carbocycles. The highest BCUT2D eigenvalue weighted by Crippen LogP contribution is 2.01. The van der Waals surface area contributed by atoms with Crippen LogP contribution in [-0.4, -0.2) is 42.5 Å². The fraction of sp³-hybridized carbons (Fsp3) is 0.333. The molecule has 1 amide bonds. The third kappa shape index (κ3) is 3.19. The Bertz CT molecular complexity index is 377. The van der Waals surface area contributed by atoms with Crippen molar-refractivity contribution in [3.05, 3.63) is 18.1 Å². The minimum Gasteiger partial charge on any atom is -0.464 e. The Morgan fingerprint density at radius 3 is 2.62 bits per heavy atom. The molecule has 86 valence electrons. The maximum atomic E-state index is 11.0. The number of methoxy groups -OCH3 is 1. The Kier molecular flexibility index (Phi) is 4.19. The van der Waals surface area contributed by atoms with Crippen LogP contribution in [0.1, 0.15) is 10.5 Å². The van der Waals surface area contributed by atoms with Crippen molar-refractivity contribution >= 4 is 17.7 Å². The molecule has 7 nitrogen and oxygen atoms in total. The van der Waals surface area contributed by atoms with Crippen molar-refractivity contribution in [3.8, 4) is 0 Å². The number of aromatic nitrogens is 2. The predicted octanol–water partition coefficient (Wildman–Crippen LogP) is -0.579. The van der Waals surface area contributed by atoms with Crippen LogP contribution in [0.3, 0.4) is 0 Å². The maximum absolute atomic E-state index is 11.0. The van der Waals surface area contributed by atoms with Gasteiger partial charge in [0.05, 0.1) is 26.0 Å². The summed E-state index contributed by atoms with van der Waals surface area (Å²) in [4.78, 5) is 29.7. The van der Waals surface area contributed by atoms with Crippen LogP contribution in [0.4, 0.5) is 5.82 Å². The number of nitrogens with one attached hydrogen (secondary N) is 2. The van der Waals surface area contributed by atoms with Crippen molar-refractivity contribution in [1.82, 2.24) is 15.3 Å². The molecule has 0 radical (unpaired) electrons. The number of carbonyl (C=O) groups is 2. The summed E-state index contributed by atoms with van der Waals surface area (Å²) in [5, 5.41) is 5.19. The third-order valence-electron chi connectivity index (χ3n) is 1.76. The molecule has 0 aliphatic rings. The highest BCUT2D eigenvalue weighted by Gasteiger charge is 2.07. The molecule has 0 bridgehead atoms. The highest BCUT2D eigenvalue weighted by molar-refractivity contribution is 5.86. The third-order valence-corrected chi connectivity index (χ3v) is 1.76. The molecule has 0 aliphatic carbocycles. The Morgan fingerprint density at radius 2 is 2.12 bits per heavy atom. The summed E-state index contributed by atoms with van der Waals surface area (Å²) in [7, 11) is 2.80. The lowest BCUT2D eigenvalue weighted by atomic mass is 10.4. The summed E-state index contributed by atoms with van der Waals surface area (Å²) < 4.78 is 4.47. The van der Waals surface area contributed by atoms with Crippen molar-refractivity contribution in [3.63, 3.8) is 0 Å². The Morgan fingerprint density at radius 1 is 1.38 bits per heavy atom. The minimum absolute atomic E-state index is 0.1000. The summed E-state index contributed by atoms with van der Waals surface area (Å²) in [5.74, 6) is -0.305. The van der Waals surface area contributed by atoms with E-state index in [4.69, 9.17) is 0 Å². The summed E-state index contributed by atoms with van der Waals surface area (Å²) in [6, 6.07) is 0. The standard InChI is InChI=1S/C9H12N4O3/c1-10-8(14)5-13-7-4-11-6(3-12-7)9(15)16-2/h3-4H,5H2,1-2H3,(H,10,14)(H,12,13). The number of amides is 1. The second-order valence-electron chi connectivity index (χ2n) is 2.81. The van der Waals surface area contributed by atoms with Gasteiger partial charge in [-0.3, -0.25) is 4.79 Å². The monoisotopic (exact) mass is 224 g/mol. The fourth-order valence-corrected chi connectivity index (χ4v) is 0.889. The van der Waals surface area contributed by atoms with E-state index in [1.807, 2.05) is 0 Å². The van der Waals surface area contributed by atoms with Crippen LogP contribution in [0.15, 0.2) is 12.4 Å². The zero-order valence-electron chi connectivity index (χ0n) is 8.98. The molecular weight excluding hydrogens is 212 g/mol. The molecule has 0 aliphatic heterocycles. The maximum Gasteiger partial charge on any atom is 0.358 e. The first-order chi connectivity index (χ1) is 7.67. The van der Waals surface area contributed by atoms with E-state index in [1.54, 1.807) is 0 Å². The average Bonchev–Trinajstić information content (AvgIpc) is 2.35. The first-order valence-electron chi connectivity index (χ1n) is 4.52. The number of anilines is 1. The van der Waals surface area contributed by atoms with Gasteiger partial charge in [0, 0.05) is 7.05 Å². The molecule has 0 atom stereocenters.